The van der Waals surface area contributed by atoms with Crippen molar-refractivity contribution in [2.45, 2.75) is 26.7 Å². The molecule has 1 aromatic rings. The smallest absolute Gasteiger partial charge is 0.251 e. The van der Waals surface area contributed by atoms with Gasteiger partial charge in [-0.1, -0.05) is 13.8 Å². The van der Waals surface area contributed by atoms with Crippen LogP contribution in [0.2, 0.25) is 0 Å². The summed E-state index contributed by atoms with van der Waals surface area (Å²) in [4.78, 5) is 27.7. The van der Waals surface area contributed by atoms with Crippen molar-refractivity contribution in [1.29, 1.82) is 0 Å². The summed E-state index contributed by atoms with van der Waals surface area (Å²) in [6, 6.07) is 6.70. The number of aliphatic hydroxyl groups is 1. The lowest BCUT2D eigenvalue weighted by molar-refractivity contribution is -0.117. The van der Waals surface area contributed by atoms with Crippen LogP contribution in [0.3, 0.4) is 0 Å². The molecule has 2 rings (SSSR count). The molecule has 0 radical (unpaired) electrons. The predicted octanol–water partition coefficient (Wildman–Crippen LogP) is 2.95. The molecule has 1 aromatic carbocycles. The minimum Gasteiger partial charge on any atom is -0.511 e. The number of carbonyl (C=O) groups excluding carboxylic acids is 2. The van der Waals surface area contributed by atoms with Gasteiger partial charge in [0.1, 0.15) is 5.76 Å². The highest BCUT2D eigenvalue weighted by atomic mass is 16.3. The maximum Gasteiger partial charge on any atom is 0.251 e. The van der Waals surface area contributed by atoms with Gasteiger partial charge in [0.25, 0.3) is 5.91 Å². The number of nitrogens with one attached hydrogen (secondary N) is 1. The van der Waals surface area contributed by atoms with Crippen molar-refractivity contribution in [3.8, 4) is 0 Å². The second-order valence-corrected chi connectivity index (χ2v) is 6.19. The molecule has 0 bridgehead atoms. The van der Waals surface area contributed by atoms with Gasteiger partial charge in [-0.25, -0.2) is 0 Å². The van der Waals surface area contributed by atoms with Crippen molar-refractivity contribution < 1.29 is 14.7 Å². The van der Waals surface area contributed by atoms with Crippen LogP contribution in [0.15, 0.2) is 40.6 Å². The van der Waals surface area contributed by atoms with Crippen LogP contribution in [0, 0.1) is 5.41 Å². The van der Waals surface area contributed by atoms with Crippen LogP contribution in [0.1, 0.15) is 37.0 Å². The minimum atomic E-state index is -0.215. The lowest BCUT2D eigenvalue weighted by Crippen LogP contribution is -2.26. The fraction of sp³-hybridized carbons (Fsp3) is 0.353. The first kappa shape index (κ1) is 15.9. The minimum absolute atomic E-state index is 0.0898. The van der Waals surface area contributed by atoms with Gasteiger partial charge in [-0.3, -0.25) is 14.6 Å². The Kier molecular flexibility index (Phi) is 4.45. The fourth-order valence-electron chi connectivity index (χ4n) is 2.43. The van der Waals surface area contributed by atoms with Gasteiger partial charge in [0.15, 0.2) is 5.78 Å². The topological polar surface area (TPSA) is 78.8 Å². The Bertz CT molecular complexity index is 655. The lowest BCUT2D eigenvalue weighted by Gasteiger charge is -2.28. The quantitative estimate of drug-likeness (QED) is 0.842. The number of aliphatic imine (C=N–C) groups is 1. The van der Waals surface area contributed by atoms with E-state index in [1.165, 1.54) is 6.21 Å². The Balaban J connectivity index is 2.18. The number of benzene rings is 1. The summed E-state index contributed by atoms with van der Waals surface area (Å²) in [6.07, 6.45) is 2.27. The van der Waals surface area contributed by atoms with Crippen molar-refractivity contribution in [2.24, 2.45) is 10.4 Å². The van der Waals surface area contributed by atoms with E-state index < -0.39 is 0 Å². The standard InChI is InChI=1S/C17H20N2O3/c1-17(2)8-14(20)13(15(21)9-17)10-19-12-6-4-11(5-7-12)16(22)18-3/h4-7,10,20H,8-9H2,1-3H3,(H,18,22). The van der Waals surface area contributed by atoms with E-state index in [2.05, 4.69) is 10.3 Å². The summed E-state index contributed by atoms with van der Waals surface area (Å²) in [6.45, 7) is 3.90. The van der Waals surface area contributed by atoms with Crippen molar-refractivity contribution in [2.75, 3.05) is 7.05 Å². The van der Waals surface area contributed by atoms with E-state index in [0.29, 0.717) is 24.1 Å². The molecule has 22 heavy (non-hydrogen) atoms. The Labute approximate surface area is 129 Å². The molecule has 116 valence electrons. The monoisotopic (exact) mass is 300 g/mol. The molecule has 0 atom stereocenters. The molecule has 1 aliphatic rings. The summed E-state index contributed by atoms with van der Waals surface area (Å²) in [5, 5.41) is 12.6. The average molecular weight is 300 g/mol. The van der Waals surface area contributed by atoms with Gasteiger partial charge in [0.2, 0.25) is 0 Å². The number of rotatable bonds is 3. The number of allylic oxidation sites excluding steroid dienone is 2. The van der Waals surface area contributed by atoms with Crippen LogP contribution in [0.4, 0.5) is 5.69 Å². The summed E-state index contributed by atoms with van der Waals surface area (Å²) in [5.41, 5.74) is 1.22. The molecule has 1 amide bonds. The van der Waals surface area contributed by atoms with Crippen molar-refractivity contribution in [3.05, 3.63) is 41.2 Å². The molecule has 0 heterocycles. The van der Waals surface area contributed by atoms with Gasteiger partial charge < -0.3 is 10.4 Å². The Hall–Kier alpha value is -2.43. The van der Waals surface area contributed by atoms with E-state index >= 15 is 0 Å². The molecule has 0 saturated heterocycles. The number of nitrogens with zero attached hydrogens (tertiary/aromatic N) is 1. The highest BCUT2D eigenvalue weighted by Gasteiger charge is 2.32. The van der Waals surface area contributed by atoms with Crippen molar-refractivity contribution in [1.82, 2.24) is 5.32 Å². The van der Waals surface area contributed by atoms with E-state index in [4.69, 9.17) is 0 Å². The van der Waals surface area contributed by atoms with Crippen LogP contribution in [-0.2, 0) is 4.79 Å². The van der Waals surface area contributed by atoms with E-state index in [-0.39, 0.29) is 28.4 Å². The summed E-state index contributed by atoms with van der Waals surface area (Å²) < 4.78 is 0. The molecule has 0 saturated carbocycles. The second-order valence-electron chi connectivity index (χ2n) is 6.19. The van der Waals surface area contributed by atoms with E-state index in [1.54, 1.807) is 31.3 Å². The number of hydrogen-bond donors (Lipinski definition) is 2. The largest absolute Gasteiger partial charge is 0.511 e. The normalized spacial score (nSPS) is 17.9. The summed E-state index contributed by atoms with van der Waals surface area (Å²) in [5.74, 6) is -0.174. The Morgan fingerprint density at radius 3 is 2.45 bits per heavy atom. The maximum atomic E-state index is 12.1. The number of ketones is 1. The number of hydrogen-bond acceptors (Lipinski definition) is 4. The second kappa shape index (κ2) is 6.13. The van der Waals surface area contributed by atoms with Crippen molar-refractivity contribution >= 4 is 23.6 Å². The Morgan fingerprint density at radius 1 is 1.27 bits per heavy atom. The van der Waals surface area contributed by atoms with Crippen LogP contribution in [-0.4, -0.2) is 30.1 Å². The third-order valence-electron chi connectivity index (χ3n) is 3.60. The van der Waals surface area contributed by atoms with Gasteiger partial charge in [0.05, 0.1) is 11.3 Å². The maximum absolute atomic E-state index is 12.1. The molecule has 1 aliphatic carbocycles. The van der Waals surface area contributed by atoms with Gasteiger partial charge >= 0.3 is 0 Å². The first-order chi connectivity index (χ1) is 10.3. The first-order valence-corrected chi connectivity index (χ1v) is 7.14. The molecule has 0 aromatic heterocycles. The predicted molar refractivity (Wildman–Crippen MR) is 85.7 cm³/mol. The molecule has 0 spiro atoms. The molecule has 0 aliphatic heterocycles. The molecule has 5 heteroatoms. The zero-order valence-corrected chi connectivity index (χ0v) is 13.0. The summed E-state index contributed by atoms with van der Waals surface area (Å²) in [7, 11) is 1.57. The number of Topliss-reactive ketones (excluding diaryl/α,β-unsaturated/α-hetero) is 1. The molecule has 0 fully saturated rings. The molecular formula is C17H20N2O3. The SMILES string of the molecule is CNC(=O)c1ccc(N=CC2=C(O)CC(C)(C)CC2=O)cc1. The van der Waals surface area contributed by atoms with E-state index in [1.807, 2.05) is 13.8 Å². The fourth-order valence-corrected chi connectivity index (χ4v) is 2.43. The summed E-state index contributed by atoms with van der Waals surface area (Å²) >= 11 is 0. The average Bonchev–Trinajstić information content (AvgIpc) is 2.45. The lowest BCUT2D eigenvalue weighted by atomic mass is 9.77. The Morgan fingerprint density at radius 2 is 1.91 bits per heavy atom. The van der Waals surface area contributed by atoms with Gasteiger partial charge in [-0.2, -0.15) is 0 Å². The van der Waals surface area contributed by atoms with Gasteiger partial charge in [0, 0.05) is 31.7 Å². The number of carbonyl (C=O) groups is 2. The third-order valence-corrected chi connectivity index (χ3v) is 3.60. The highest BCUT2D eigenvalue weighted by molar-refractivity contribution is 6.14. The first-order valence-electron chi connectivity index (χ1n) is 7.14. The highest BCUT2D eigenvalue weighted by Crippen LogP contribution is 2.35. The van der Waals surface area contributed by atoms with Gasteiger partial charge in [-0.05, 0) is 29.7 Å². The third kappa shape index (κ3) is 3.61. The molecule has 2 N–H and O–H groups in total. The number of aliphatic hydroxyl groups excluding tert-OH is 1. The zero-order valence-electron chi connectivity index (χ0n) is 13.0. The van der Waals surface area contributed by atoms with Crippen LogP contribution in [0.5, 0.6) is 0 Å². The van der Waals surface area contributed by atoms with Crippen LogP contribution < -0.4 is 5.32 Å². The molecule has 5 nitrogen and oxygen atoms in total. The van der Waals surface area contributed by atoms with E-state index in [0.717, 1.165) is 0 Å². The zero-order chi connectivity index (χ0) is 16.3. The molecule has 0 unspecified atom stereocenters. The van der Waals surface area contributed by atoms with E-state index in [9.17, 15) is 14.7 Å². The number of amides is 1. The molecular weight excluding hydrogens is 280 g/mol. The van der Waals surface area contributed by atoms with Crippen LogP contribution in [0.25, 0.3) is 0 Å². The van der Waals surface area contributed by atoms with Crippen molar-refractivity contribution in [3.63, 3.8) is 0 Å². The van der Waals surface area contributed by atoms with Gasteiger partial charge in [-0.15, -0.1) is 0 Å². The van der Waals surface area contributed by atoms with Crippen LogP contribution >= 0.6 is 0 Å².